The van der Waals surface area contributed by atoms with E-state index in [9.17, 15) is 9.90 Å². The molecule has 0 bridgehead atoms. The molecule has 1 aromatic heterocycles. The van der Waals surface area contributed by atoms with Crippen LogP contribution in [0.4, 0.5) is 0 Å². The fourth-order valence-electron chi connectivity index (χ4n) is 2.76. The highest BCUT2D eigenvalue weighted by Gasteiger charge is 2.13. The first-order valence-corrected chi connectivity index (χ1v) is 9.94. The number of H-pyrrole nitrogens is 1. The molecule has 1 aromatic rings. The van der Waals surface area contributed by atoms with Crippen molar-refractivity contribution in [1.29, 1.82) is 0 Å². The maximum atomic E-state index is 12.1. The summed E-state index contributed by atoms with van der Waals surface area (Å²) in [5, 5.41) is 10.6. The van der Waals surface area contributed by atoms with E-state index in [-0.39, 0.29) is 23.8 Å². The van der Waals surface area contributed by atoms with Crippen molar-refractivity contribution in [3.8, 4) is 5.88 Å². The molecule has 2 heterocycles. The maximum Gasteiger partial charge on any atom is 0.258 e. The van der Waals surface area contributed by atoms with Gasteiger partial charge in [-0.05, 0) is 12.8 Å². The van der Waals surface area contributed by atoms with Gasteiger partial charge in [0.2, 0.25) is 5.88 Å². The average Bonchev–Trinajstić information content (AvgIpc) is 2.58. The van der Waals surface area contributed by atoms with Gasteiger partial charge in [-0.25, -0.2) is 0 Å². The lowest BCUT2D eigenvalue weighted by Gasteiger charge is -2.26. The molecule has 0 spiro atoms. The van der Waals surface area contributed by atoms with Crippen molar-refractivity contribution in [2.75, 3.05) is 38.6 Å². The molecular formula is C17H30ClN3O3S. The van der Waals surface area contributed by atoms with Gasteiger partial charge in [0.1, 0.15) is 0 Å². The first-order chi connectivity index (χ1) is 11.7. The highest BCUT2D eigenvalue weighted by Crippen LogP contribution is 2.18. The van der Waals surface area contributed by atoms with Crippen LogP contribution in [0.25, 0.3) is 0 Å². The second-order valence-corrected chi connectivity index (χ2v) is 7.22. The van der Waals surface area contributed by atoms with Crippen LogP contribution < -0.4 is 5.56 Å². The van der Waals surface area contributed by atoms with Gasteiger partial charge in [0, 0.05) is 25.4 Å². The number of aromatic amines is 1. The fraction of sp³-hybridized carbons (Fsp3) is 0.765. The summed E-state index contributed by atoms with van der Waals surface area (Å²) in [7, 11) is 0. The molecule has 144 valence electrons. The van der Waals surface area contributed by atoms with E-state index in [0.717, 1.165) is 51.4 Å². The molecule has 1 aliphatic heterocycles. The molecular weight excluding hydrogens is 362 g/mol. The zero-order valence-corrected chi connectivity index (χ0v) is 16.6. The summed E-state index contributed by atoms with van der Waals surface area (Å²) in [4.78, 5) is 21.4. The van der Waals surface area contributed by atoms with Crippen molar-refractivity contribution in [1.82, 2.24) is 14.9 Å². The van der Waals surface area contributed by atoms with Gasteiger partial charge < -0.3 is 14.8 Å². The molecule has 0 saturated carbocycles. The van der Waals surface area contributed by atoms with E-state index in [1.807, 2.05) is 0 Å². The van der Waals surface area contributed by atoms with Gasteiger partial charge in [-0.3, -0.25) is 9.69 Å². The smallest absolute Gasteiger partial charge is 0.258 e. The number of unbranched alkanes of at least 4 members (excludes halogenated alkanes) is 4. The monoisotopic (exact) mass is 391 g/mol. The van der Waals surface area contributed by atoms with Crippen LogP contribution in [0.15, 0.2) is 9.95 Å². The van der Waals surface area contributed by atoms with Gasteiger partial charge in [0.25, 0.3) is 5.56 Å². The number of thioether (sulfide) groups is 1. The molecule has 1 fully saturated rings. The number of aromatic nitrogens is 2. The number of aromatic hydroxyl groups is 1. The minimum absolute atomic E-state index is 0. The molecule has 2 N–H and O–H groups in total. The van der Waals surface area contributed by atoms with Gasteiger partial charge >= 0.3 is 0 Å². The first kappa shape index (κ1) is 22.3. The van der Waals surface area contributed by atoms with Crippen LogP contribution in [-0.4, -0.2) is 58.6 Å². The number of nitrogens with zero attached hydrogens (tertiary/aromatic N) is 2. The molecule has 2 rings (SSSR count). The van der Waals surface area contributed by atoms with Crippen molar-refractivity contribution in [2.24, 2.45) is 0 Å². The summed E-state index contributed by atoms with van der Waals surface area (Å²) in [5.74, 6) is 0.724. The highest BCUT2D eigenvalue weighted by atomic mass is 35.5. The van der Waals surface area contributed by atoms with Crippen LogP contribution in [0.3, 0.4) is 0 Å². The lowest BCUT2D eigenvalue weighted by atomic mass is 10.1. The predicted octanol–water partition coefficient (Wildman–Crippen LogP) is 2.83. The maximum absolute atomic E-state index is 12.1. The van der Waals surface area contributed by atoms with Crippen molar-refractivity contribution >= 4 is 24.2 Å². The number of morpholine rings is 1. The van der Waals surface area contributed by atoms with E-state index >= 15 is 0 Å². The SMILES string of the molecule is CCCCCCCc1c(O)nc(SCCN2CCOCC2)[nH]c1=O.Cl. The van der Waals surface area contributed by atoms with Gasteiger partial charge in [0.05, 0.1) is 18.8 Å². The van der Waals surface area contributed by atoms with E-state index < -0.39 is 0 Å². The van der Waals surface area contributed by atoms with Gasteiger partial charge in [-0.1, -0.05) is 44.4 Å². The number of hydrogen-bond acceptors (Lipinski definition) is 6. The molecule has 25 heavy (non-hydrogen) atoms. The molecule has 1 saturated heterocycles. The summed E-state index contributed by atoms with van der Waals surface area (Å²) in [6, 6.07) is 0. The van der Waals surface area contributed by atoms with E-state index in [2.05, 4.69) is 21.8 Å². The van der Waals surface area contributed by atoms with Crippen molar-refractivity contribution < 1.29 is 9.84 Å². The number of halogens is 1. The zero-order valence-electron chi connectivity index (χ0n) is 15.0. The van der Waals surface area contributed by atoms with Crippen LogP contribution in [0.2, 0.25) is 0 Å². The minimum Gasteiger partial charge on any atom is -0.493 e. The van der Waals surface area contributed by atoms with Crippen LogP contribution in [-0.2, 0) is 11.2 Å². The number of nitrogens with one attached hydrogen (secondary N) is 1. The van der Waals surface area contributed by atoms with Crippen LogP contribution in [0.1, 0.15) is 44.6 Å². The van der Waals surface area contributed by atoms with Gasteiger partial charge in [-0.2, -0.15) is 4.98 Å². The Hall–Kier alpha value is -0.760. The number of rotatable bonds is 10. The molecule has 8 heteroatoms. The Morgan fingerprint density at radius 2 is 1.96 bits per heavy atom. The third-order valence-electron chi connectivity index (χ3n) is 4.25. The Labute approximate surface area is 160 Å². The Bertz CT molecular complexity index is 550. The third-order valence-corrected chi connectivity index (χ3v) is 5.11. The van der Waals surface area contributed by atoms with E-state index in [1.54, 1.807) is 0 Å². The lowest BCUT2D eigenvalue weighted by Crippen LogP contribution is -2.37. The normalized spacial score (nSPS) is 15.1. The summed E-state index contributed by atoms with van der Waals surface area (Å²) in [5.41, 5.74) is 0.218. The largest absolute Gasteiger partial charge is 0.493 e. The first-order valence-electron chi connectivity index (χ1n) is 8.95. The molecule has 0 unspecified atom stereocenters. The Balaban J connectivity index is 0.00000312. The molecule has 1 aliphatic rings. The molecule has 0 amide bonds. The van der Waals surface area contributed by atoms with Gasteiger partial charge in [0.15, 0.2) is 5.16 Å². The molecule has 0 aliphatic carbocycles. The van der Waals surface area contributed by atoms with E-state index in [4.69, 9.17) is 4.74 Å². The standard InChI is InChI=1S/C17H29N3O3S.ClH/c1-2-3-4-5-6-7-14-15(21)18-17(19-16(14)22)24-13-10-20-8-11-23-12-9-20;/h2-13H2,1H3,(H2,18,19,21,22);1H. The second kappa shape index (κ2) is 12.6. The number of ether oxygens (including phenoxy) is 1. The fourth-order valence-corrected chi connectivity index (χ4v) is 3.62. The van der Waals surface area contributed by atoms with Crippen LogP contribution in [0.5, 0.6) is 5.88 Å². The van der Waals surface area contributed by atoms with Crippen LogP contribution >= 0.6 is 24.2 Å². The van der Waals surface area contributed by atoms with Crippen molar-refractivity contribution in [3.05, 3.63) is 15.9 Å². The lowest BCUT2D eigenvalue weighted by molar-refractivity contribution is 0.0410. The van der Waals surface area contributed by atoms with Crippen molar-refractivity contribution in [2.45, 2.75) is 50.6 Å². The minimum atomic E-state index is -0.202. The Morgan fingerprint density at radius 3 is 2.64 bits per heavy atom. The Morgan fingerprint density at radius 1 is 1.24 bits per heavy atom. The molecule has 0 atom stereocenters. The highest BCUT2D eigenvalue weighted by molar-refractivity contribution is 7.99. The van der Waals surface area contributed by atoms with Crippen LogP contribution in [0, 0.1) is 0 Å². The topological polar surface area (TPSA) is 78.5 Å². The second-order valence-electron chi connectivity index (χ2n) is 6.14. The molecule has 6 nitrogen and oxygen atoms in total. The summed E-state index contributed by atoms with van der Waals surface area (Å²) in [6.45, 7) is 6.58. The molecule has 0 aromatic carbocycles. The Kier molecular flexibility index (Phi) is 11.2. The van der Waals surface area contributed by atoms with E-state index in [0.29, 0.717) is 17.1 Å². The third kappa shape index (κ3) is 7.98. The zero-order chi connectivity index (χ0) is 17.2. The number of hydrogen-bond donors (Lipinski definition) is 2. The van der Waals surface area contributed by atoms with E-state index in [1.165, 1.54) is 31.0 Å². The summed E-state index contributed by atoms with van der Waals surface area (Å²) < 4.78 is 5.32. The summed E-state index contributed by atoms with van der Waals surface area (Å²) in [6.07, 6.45) is 6.20. The van der Waals surface area contributed by atoms with Gasteiger partial charge in [-0.15, -0.1) is 12.4 Å². The molecule has 0 radical (unpaired) electrons. The average molecular weight is 392 g/mol. The predicted molar refractivity (Wildman–Crippen MR) is 104 cm³/mol. The quantitative estimate of drug-likeness (QED) is 0.362. The summed E-state index contributed by atoms with van der Waals surface area (Å²) >= 11 is 1.48. The van der Waals surface area contributed by atoms with Crippen molar-refractivity contribution in [3.63, 3.8) is 0 Å².